The van der Waals surface area contributed by atoms with Crippen LogP contribution in [0.5, 0.6) is 0 Å². The average Bonchev–Trinajstić information content (AvgIpc) is 3.69. The molecule has 0 saturated carbocycles. The lowest BCUT2D eigenvalue weighted by atomic mass is 9.86. The largest absolute Gasteiger partial charge is 0.458 e. The van der Waals surface area contributed by atoms with Crippen molar-refractivity contribution in [3.8, 4) is 0 Å². The monoisotopic (exact) mass is 851 g/mol. The number of hydrogen-bond acceptors (Lipinski definition) is 13. The fraction of sp³-hybridized carbons (Fsp3) is 0.542. The van der Waals surface area contributed by atoms with Gasteiger partial charge in [-0.25, -0.2) is 9.78 Å². The van der Waals surface area contributed by atoms with Crippen molar-refractivity contribution in [1.82, 2.24) is 4.98 Å². The number of allylic oxidation sites excluding steroid dienone is 12. The summed E-state index contributed by atoms with van der Waals surface area (Å²) in [6, 6.07) is 0. The lowest BCUT2D eigenvalue weighted by Gasteiger charge is -2.43. The number of ether oxygens (including phenoxy) is 5. The summed E-state index contributed by atoms with van der Waals surface area (Å²) in [5.74, 6) is -1.69. The van der Waals surface area contributed by atoms with Gasteiger partial charge in [0.2, 0.25) is 0 Å². The van der Waals surface area contributed by atoms with Crippen molar-refractivity contribution < 1.29 is 58.4 Å². The molecule has 338 valence electrons. The number of aliphatic hydroxyl groups excluding tert-OH is 5. The molecule has 3 heterocycles. The SMILES string of the molecule is CO[C@H]1[C@H](O[C@@H]2C=CC=Cc3coc(n3)[C@@H](C)[C@H](O)C[C@H](O)C=CC=CC=C[C@H](C)[C@H]([C@H](C)[C@H](O)C[C@H](C)O)OC(=O)C=CC=CC=CC(C)=C[C@H]2C)O[C@H](C)[C@@H](O)[C@@H]1OC. The van der Waals surface area contributed by atoms with Gasteiger partial charge in [-0.2, -0.15) is 0 Å². The summed E-state index contributed by atoms with van der Waals surface area (Å²) in [6.07, 6.45) is 23.2. The molecule has 2 bridgehead atoms. The van der Waals surface area contributed by atoms with Crippen molar-refractivity contribution in [2.45, 2.75) is 135 Å². The van der Waals surface area contributed by atoms with E-state index >= 15 is 0 Å². The van der Waals surface area contributed by atoms with Gasteiger partial charge >= 0.3 is 5.97 Å². The van der Waals surface area contributed by atoms with E-state index in [1.807, 2.05) is 51.2 Å². The predicted molar refractivity (Wildman–Crippen MR) is 235 cm³/mol. The van der Waals surface area contributed by atoms with Crippen LogP contribution in [0.3, 0.4) is 0 Å². The Bertz CT molecular complexity index is 1740. The van der Waals surface area contributed by atoms with Crippen molar-refractivity contribution in [3.63, 3.8) is 0 Å². The third kappa shape index (κ3) is 17.0. The lowest BCUT2D eigenvalue weighted by molar-refractivity contribution is -0.310. The minimum Gasteiger partial charge on any atom is -0.458 e. The van der Waals surface area contributed by atoms with E-state index in [1.54, 1.807) is 88.5 Å². The molecule has 5 N–H and O–H groups in total. The summed E-state index contributed by atoms with van der Waals surface area (Å²) >= 11 is 0. The molecule has 0 spiro atoms. The topological polar surface area (TPSA) is 190 Å². The van der Waals surface area contributed by atoms with E-state index in [9.17, 15) is 30.3 Å². The van der Waals surface area contributed by atoms with Gasteiger partial charge in [0.15, 0.2) is 12.2 Å². The van der Waals surface area contributed by atoms with Crippen LogP contribution >= 0.6 is 0 Å². The first-order valence-electron chi connectivity index (χ1n) is 21.0. The molecule has 0 amide bonds. The Morgan fingerprint density at radius 1 is 0.803 bits per heavy atom. The summed E-state index contributed by atoms with van der Waals surface area (Å²) in [5.41, 5.74) is 1.49. The Morgan fingerprint density at radius 2 is 1.43 bits per heavy atom. The number of methoxy groups -OCH3 is 2. The molecule has 1 aromatic rings. The second-order valence-electron chi connectivity index (χ2n) is 16.0. The zero-order valence-electron chi connectivity index (χ0n) is 37.0. The van der Waals surface area contributed by atoms with E-state index in [0.29, 0.717) is 11.6 Å². The Balaban J connectivity index is 1.94. The number of nitrogens with zero attached hydrogens (tertiary/aromatic N) is 1. The number of cyclic esters (lactones) is 1. The molecule has 1 fully saturated rings. The molecule has 13 heteroatoms. The van der Waals surface area contributed by atoms with Crippen molar-refractivity contribution >= 4 is 12.0 Å². The molecule has 1 aromatic heterocycles. The second kappa shape index (κ2) is 26.5. The van der Waals surface area contributed by atoms with Gasteiger partial charge in [0.05, 0.1) is 42.5 Å². The highest BCUT2D eigenvalue weighted by atomic mass is 16.7. The lowest BCUT2D eigenvalue weighted by Crippen LogP contribution is -2.59. The number of hydrogen-bond donors (Lipinski definition) is 5. The predicted octanol–water partition coefficient (Wildman–Crippen LogP) is 6.23. The van der Waals surface area contributed by atoms with Crippen molar-refractivity contribution in [1.29, 1.82) is 0 Å². The Labute approximate surface area is 361 Å². The Morgan fingerprint density at radius 3 is 2.10 bits per heavy atom. The molecular weight excluding hydrogens is 783 g/mol. The van der Waals surface area contributed by atoms with Gasteiger partial charge in [-0.3, -0.25) is 0 Å². The zero-order chi connectivity index (χ0) is 45.1. The Hall–Kier alpha value is -4.02. The van der Waals surface area contributed by atoms with Crippen LogP contribution in [0.15, 0.2) is 113 Å². The fourth-order valence-electron chi connectivity index (χ4n) is 7.08. The van der Waals surface area contributed by atoms with Gasteiger partial charge in [0.1, 0.15) is 36.4 Å². The average molecular weight is 852 g/mol. The van der Waals surface area contributed by atoms with Gasteiger partial charge in [0.25, 0.3) is 0 Å². The molecule has 13 nitrogen and oxygen atoms in total. The quantitative estimate of drug-likeness (QED) is 0.185. The van der Waals surface area contributed by atoms with Crippen LogP contribution in [0.1, 0.15) is 78.8 Å². The van der Waals surface area contributed by atoms with Crippen LogP contribution in [-0.4, -0.2) is 118 Å². The highest BCUT2D eigenvalue weighted by Gasteiger charge is 2.46. The zero-order valence-corrected chi connectivity index (χ0v) is 37.0. The van der Waals surface area contributed by atoms with Gasteiger partial charge in [-0.05, 0) is 33.3 Å². The van der Waals surface area contributed by atoms with Gasteiger partial charge in [-0.1, -0.05) is 124 Å². The molecule has 2 aliphatic heterocycles. The molecule has 0 radical (unpaired) electrons. The van der Waals surface area contributed by atoms with E-state index in [4.69, 9.17) is 28.1 Å². The number of fused-ring (bicyclic) bond motifs is 2. The number of carbonyl (C=O) groups excluding carboxylic acids is 1. The molecule has 3 rings (SSSR count). The number of oxazole rings is 1. The number of rotatable bonds is 8. The summed E-state index contributed by atoms with van der Waals surface area (Å²) < 4.78 is 35.5. The maximum absolute atomic E-state index is 13.0. The summed E-state index contributed by atoms with van der Waals surface area (Å²) in [5, 5.41) is 52.9. The first-order valence-corrected chi connectivity index (χ1v) is 21.0. The highest BCUT2D eigenvalue weighted by molar-refractivity contribution is 5.82. The van der Waals surface area contributed by atoms with E-state index in [1.165, 1.54) is 26.6 Å². The van der Waals surface area contributed by atoms with Gasteiger partial charge in [0, 0.05) is 44.5 Å². The molecular formula is C48H69NO12. The second-order valence-corrected chi connectivity index (χ2v) is 16.0. The molecule has 0 aliphatic carbocycles. The van der Waals surface area contributed by atoms with Crippen molar-refractivity contribution in [2.75, 3.05) is 14.2 Å². The highest BCUT2D eigenvalue weighted by Crippen LogP contribution is 2.29. The normalized spacial score (nSPS) is 33.1. The van der Waals surface area contributed by atoms with Crippen LogP contribution < -0.4 is 0 Å². The van der Waals surface area contributed by atoms with E-state index in [0.717, 1.165) is 5.57 Å². The maximum atomic E-state index is 13.0. The van der Waals surface area contributed by atoms with Crippen LogP contribution in [0.2, 0.25) is 0 Å². The smallest absolute Gasteiger partial charge is 0.331 e. The van der Waals surface area contributed by atoms with E-state index in [-0.39, 0.29) is 24.7 Å². The molecule has 2 aliphatic rings. The standard InChI is InChI=1S/C48H69NO12/c1-30-20-14-10-13-17-25-42(54)61-44(34(5)39(52)27-33(4)50)31(2)21-15-11-12-16-23-38(51)28-40(53)35(6)47-49-37(29-58-47)22-18-19-24-41(32(3)26-30)60-48-46(57-9)45(56-8)43(55)36(7)59-48/h10-26,29,31-36,38-41,43-46,48,50-53,55H,27-28H2,1-9H3/t31-,32+,33-,34+,35-,36+,38+,39+,40+,41+,43+,44+,45-,46+,48-/m0/s1. The minimum absolute atomic E-state index is 0.0550. The Kier molecular flexibility index (Phi) is 22.3. The minimum atomic E-state index is -0.939. The third-order valence-corrected chi connectivity index (χ3v) is 10.8. The van der Waals surface area contributed by atoms with Crippen LogP contribution in [0.25, 0.3) is 6.08 Å². The van der Waals surface area contributed by atoms with Crippen molar-refractivity contribution in [2.24, 2.45) is 17.8 Å². The summed E-state index contributed by atoms with van der Waals surface area (Å²) in [6.45, 7) is 12.8. The summed E-state index contributed by atoms with van der Waals surface area (Å²) in [4.78, 5) is 17.5. The first kappa shape index (κ1) is 51.3. The van der Waals surface area contributed by atoms with Crippen LogP contribution in [-0.2, 0) is 28.5 Å². The third-order valence-electron chi connectivity index (χ3n) is 10.8. The fourth-order valence-corrected chi connectivity index (χ4v) is 7.08. The van der Waals surface area contributed by atoms with Crippen molar-refractivity contribution in [3.05, 3.63) is 121 Å². The van der Waals surface area contributed by atoms with E-state index < -0.39 is 85.1 Å². The molecule has 61 heavy (non-hydrogen) atoms. The molecule has 0 unspecified atom stereocenters. The first-order chi connectivity index (χ1) is 29.1. The summed E-state index contributed by atoms with van der Waals surface area (Å²) in [7, 11) is 3.03. The molecule has 0 aromatic carbocycles. The number of aliphatic hydroxyl groups is 5. The van der Waals surface area contributed by atoms with Gasteiger partial charge < -0.3 is 53.6 Å². The molecule has 15 atom stereocenters. The maximum Gasteiger partial charge on any atom is 0.331 e. The van der Waals surface area contributed by atoms with Gasteiger partial charge in [-0.15, -0.1) is 0 Å². The van der Waals surface area contributed by atoms with Crippen LogP contribution in [0.4, 0.5) is 0 Å². The van der Waals surface area contributed by atoms with E-state index in [2.05, 4.69) is 11.1 Å². The molecule has 1 saturated heterocycles. The van der Waals surface area contributed by atoms with Crippen LogP contribution in [0, 0.1) is 17.8 Å². The number of esters is 1. The number of carbonyl (C=O) groups is 1. The number of aromatic nitrogens is 1.